The smallest absolute Gasteiger partial charge is 0.0399 e. The normalized spacial score (nSPS) is 16.7. The summed E-state index contributed by atoms with van der Waals surface area (Å²) in [6.45, 7) is 15.9. The van der Waals surface area contributed by atoms with E-state index in [1.165, 1.54) is 42.9 Å². The lowest BCUT2D eigenvalue weighted by molar-refractivity contribution is 0.253. The summed E-state index contributed by atoms with van der Waals surface area (Å²) < 4.78 is 0. The van der Waals surface area contributed by atoms with Gasteiger partial charge in [-0.3, -0.25) is 4.90 Å². The average Bonchev–Trinajstić information content (AvgIpc) is 2.47. The second kappa shape index (κ2) is 7.81. The molecule has 0 saturated carbocycles. The summed E-state index contributed by atoms with van der Waals surface area (Å²) in [5, 5.41) is 3.50. The van der Waals surface area contributed by atoms with Crippen LogP contribution in [-0.2, 0) is 0 Å². The SMILES string of the molecule is Cc1cccc(N2CCN(CCCNC(C)C)CC2)c1C. The van der Waals surface area contributed by atoms with Crippen molar-refractivity contribution in [2.45, 2.75) is 40.2 Å². The van der Waals surface area contributed by atoms with Gasteiger partial charge in [-0.1, -0.05) is 26.0 Å². The number of aryl methyl sites for hydroxylation is 1. The number of nitrogens with zero attached hydrogens (tertiary/aromatic N) is 2. The number of benzene rings is 1. The summed E-state index contributed by atoms with van der Waals surface area (Å²) in [6, 6.07) is 7.26. The number of hydrogen-bond acceptors (Lipinski definition) is 3. The Morgan fingerprint density at radius 1 is 1.10 bits per heavy atom. The molecule has 0 spiro atoms. The van der Waals surface area contributed by atoms with E-state index in [0.29, 0.717) is 6.04 Å². The lowest BCUT2D eigenvalue weighted by Crippen LogP contribution is -2.47. The average molecular weight is 289 g/mol. The minimum atomic E-state index is 0.603. The number of nitrogens with one attached hydrogen (secondary N) is 1. The maximum Gasteiger partial charge on any atom is 0.0399 e. The van der Waals surface area contributed by atoms with Gasteiger partial charge in [0, 0.05) is 37.9 Å². The first-order chi connectivity index (χ1) is 10.1. The molecule has 0 radical (unpaired) electrons. The molecule has 118 valence electrons. The zero-order chi connectivity index (χ0) is 15.2. The third kappa shape index (κ3) is 4.72. The summed E-state index contributed by atoms with van der Waals surface area (Å²) in [7, 11) is 0. The molecule has 1 fully saturated rings. The van der Waals surface area contributed by atoms with Crippen molar-refractivity contribution in [2.24, 2.45) is 0 Å². The maximum atomic E-state index is 3.50. The van der Waals surface area contributed by atoms with Crippen LogP contribution in [0.4, 0.5) is 5.69 Å². The summed E-state index contributed by atoms with van der Waals surface area (Å²) >= 11 is 0. The molecule has 1 N–H and O–H groups in total. The van der Waals surface area contributed by atoms with Crippen LogP contribution < -0.4 is 10.2 Å². The van der Waals surface area contributed by atoms with Crippen LogP contribution in [0.5, 0.6) is 0 Å². The topological polar surface area (TPSA) is 18.5 Å². The van der Waals surface area contributed by atoms with Gasteiger partial charge in [0.1, 0.15) is 0 Å². The monoisotopic (exact) mass is 289 g/mol. The number of rotatable bonds is 6. The van der Waals surface area contributed by atoms with Crippen LogP contribution in [0, 0.1) is 13.8 Å². The van der Waals surface area contributed by atoms with Gasteiger partial charge in [-0.05, 0) is 50.6 Å². The summed E-state index contributed by atoms with van der Waals surface area (Å²) in [6.07, 6.45) is 1.25. The summed E-state index contributed by atoms with van der Waals surface area (Å²) in [4.78, 5) is 5.15. The minimum Gasteiger partial charge on any atom is -0.369 e. The molecule has 3 heteroatoms. The lowest BCUT2D eigenvalue weighted by atomic mass is 10.1. The van der Waals surface area contributed by atoms with E-state index >= 15 is 0 Å². The third-order valence-electron chi connectivity index (χ3n) is 4.49. The summed E-state index contributed by atoms with van der Waals surface area (Å²) in [5.41, 5.74) is 4.26. The molecule has 2 rings (SSSR count). The van der Waals surface area contributed by atoms with Crippen LogP contribution in [0.25, 0.3) is 0 Å². The summed E-state index contributed by atoms with van der Waals surface area (Å²) in [5.74, 6) is 0. The van der Waals surface area contributed by atoms with Crippen molar-refractivity contribution in [3.05, 3.63) is 29.3 Å². The van der Waals surface area contributed by atoms with Crippen molar-refractivity contribution in [3.8, 4) is 0 Å². The molecule has 1 aromatic rings. The Hall–Kier alpha value is -1.06. The van der Waals surface area contributed by atoms with Crippen LogP contribution in [0.15, 0.2) is 18.2 Å². The van der Waals surface area contributed by atoms with E-state index in [4.69, 9.17) is 0 Å². The van der Waals surface area contributed by atoms with Gasteiger partial charge < -0.3 is 10.2 Å². The molecule has 1 aromatic carbocycles. The fourth-order valence-electron chi connectivity index (χ4n) is 2.98. The van der Waals surface area contributed by atoms with Crippen LogP contribution >= 0.6 is 0 Å². The molecule has 0 amide bonds. The predicted molar refractivity (Wildman–Crippen MR) is 92.3 cm³/mol. The van der Waals surface area contributed by atoms with Gasteiger partial charge in [0.05, 0.1) is 0 Å². The van der Waals surface area contributed by atoms with Crippen LogP contribution in [-0.4, -0.2) is 50.2 Å². The van der Waals surface area contributed by atoms with E-state index in [0.717, 1.165) is 19.6 Å². The van der Waals surface area contributed by atoms with Gasteiger partial charge in [-0.25, -0.2) is 0 Å². The van der Waals surface area contributed by atoms with Crippen LogP contribution in [0.2, 0.25) is 0 Å². The number of piperazine rings is 1. The Bertz CT molecular complexity index is 434. The minimum absolute atomic E-state index is 0.603. The molecule has 1 aliphatic rings. The van der Waals surface area contributed by atoms with E-state index in [2.05, 4.69) is 61.0 Å². The highest BCUT2D eigenvalue weighted by molar-refractivity contribution is 5.56. The highest BCUT2D eigenvalue weighted by atomic mass is 15.3. The molecule has 1 aliphatic heterocycles. The van der Waals surface area contributed by atoms with E-state index in [1.54, 1.807) is 0 Å². The predicted octanol–water partition coefficient (Wildman–Crippen LogP) is 2.81. The highest BCUT2D eigenvalue weighted by Crippen LogP contribution is 2.23. The molecule has 0 bridgehead atoms. The van der Waals surface area contributed by atoms with Gasteiger partial charge in [-0.15, -0.1) is 0 Å². The molecule has 1 saturated heterocycles. The van der Waals surface area contributed by atoms with E-state index in [1.807, 2.05) is 0 Å². The second-order valence-corrected chi connectivity index (χ2v) is 6.51. The van der Waals surface area contributed by atoms with E-state index in [-0.39, 0.29) is 0 Å². The van der Waals surface area contributed by atoms with Crippen molar-refractivity contribution in [2.75, 3.05) is 44.2 Å². The highest BCUT2D eigenvalue weighted by Gasteiger charge is 2.18. The Balaban J connectivity index is 1.77. The second-order valence-electron chi connectivity index (χ2n) is 6.51. The lowest BCUT2D eigenvalue weighted by Gasteiger charge is -2.37. The van der Waals surface area contributed by atoms with Crippen molar-refractivity contribution in [1.82, 2.24) is 10.2 Å². The maximum absolute atomic E-state index is 3.50. The Morgan fingerprint density at radius 2 is 1.81 bits per heavy atom. The molecule has 0 unspecified atom stereocenters. The Labute approximate surface area is 130 Å². The van der Waals surface area contributed by atoms with Gasteiger partial charge >= 0.3 is 0 Å². The molecular weight excluding hydrogens is 258 g/mol. The fourth-order valence-corrected chi connectivity index (χ4v) is 2.98. The molecule has 3 nitrogen and oxygen atoms in total. The fraction of sp³-hybridized carbons (Fsp3) is 0.667. The van der Waals surface area contributed by atoms with E-state index in [9.17, 15) is 0 Å². The van der Waals surface area contributed by atoms with Crippen LogP contribution in [0.1, 0.15) is 31.4 Å². The molecule has 21 heavy (non-hydrogen) atoms. The zero-order valence-electron chi connectivity index (χ0n) is 14.2. The van der Waals surface area contributed by atoms with Gasteiger partial charge in [0.25, 0.3) is 0 Å². The first-order valence-corrected chi connectivity index (χ1v) is 8.35. The van der Waals surface area contributed by atoms with Crippen molar-refractivity contribution >= 4 is 5.69 Å². The molecular formula is C18H31N3. The largest absolute Gasteiger partial charge is 0.369 e. The van der Waals surface area contributed by atoms with Crippen molar-refractivity contribution in [1.29, 1.82) is 0 Å². The Morgan fingerprint density at radius 3 is 2.48 bits per heavy atom. The molecule has 1 heterocycles. The van der Waals surface area contributed by atoms with Gasteiger partial charge in [0.2, 0.25) is 0 Å². The molecule has 0 aliphatic carbocycles. The number of hydrogen-bond donors (Lipinski definition) is 1. The molecule has 0 atom stereocenters. The van der Waals surface area contributed by atoms with Gasteiger partial charge in [-0.2, -0.15) is 0 Å². The quantitative estimate of drug-likeness (QED) is 0.813. The first-order valence-electron chi connectivity index (χ1n) is 8.35. The molecule has 0 aromatic heterocycles. The Kier molecular flexibility index (Phi) is 6.07. The van der Waals surface area contributed by atoms with Gasteiger partial charge in [0.15, 0.2) is 0 Å². The van der Waals surface area contributed by atoms with Crippen LogP contribution in [0.3, 0.4) is 0 Å². The van der Waals surface area contributed by atoms with Crippen molar-refractivity contribution in [3.63, 3.8) is 0 Å². The van der Waals surface area contributed by atoms with E-state index < -0.39 is 0 Å². The first kappa shape index (κ1) is 16.3. The third-order valence-corrected chi connectivity index (χ3v) is 4.49. The van der Waals surface area contributed by atoms with Crippen molar-refractivity contribution < 1.29 is 0 Å². The standard InChI is InChI=1S/C18H31N3/c1-15(2)19-9-6-10-20-11-13-21(14-12-20)18-8-5-7-16(3)17(18)4/h5,7-8,15,19H,6,9-14H2,1-4H3. The zero-order valence-corrected chi connectivity index (χ0v) is 14.2. The number of anilines is 1.